The van der Waals surface area contributed by atoms with E-state index >= 15 is 0 Å². The number of ether oxygens (including phenoxy) is 1. The summed E-state index contributed by atoms with van der Waals surface area (Å²) in [6, 6.07) is 6.56. The number of nitrogens with zero attached hydrogens (tertiary/aromatic N) is 4. The minimum absolute atomic E-state index is 0.716. The smallest absolute Gasteiger partial charge is 0.116 e. The highest BCUT2D eigenvalue weighted by atomic mass is 16.5. The quantitative estimate of drug-likeness (QED) is 0.752. The first-order valence-corrected chi connectivity index (χ1v) is 7.80. The van der Waals surface area contributed by atoms with Crippen molar-refractivity contribution < 1.29 is 4.74 Å². The van der Waals surface area contributed by atoms with Crippen molar-refractivity contribution in [2.24, 2.45) is 12.0 Å². The summed E-state index contributed by atoms with van der Waals surface area (Å²) in [5, 5.41) is 0. The molecule has 4 rings (SSSR count). The van der Waals surface area contributed by atoms with Crippen molar-refractivity contribution in [3.8, 4) is 11.8 Å². The number of hydrogen-bond donors (Lipinski definition) is 0. The predicted molar refractivity (Wildman–Crippen MR) is 89.8 cm³/mol. The van der Waals surface area contributed by atoms with Crippen LogP contribution in [0.3, 0.4) is 0 Å². The van der Waals surface area contributed by atoms with E-state index in [1.165, 1.54) is 11.3 Å². The standard InChI is InChI=1S/C18H18N4O/c1-21-13-19-12-16(21)4-5-18-17-10-15(3-2-14(17)11-20-18)22-6-8-23-9-7-22/h2-3,10,12-13H,6-9,11H2,1H3. The van der Waals surface area contributed by atoms with Gasteiger partial charge in [0, 0.05) is 31.4 Å². The van der Waals surface area contributed by atoms with Gasteiger partial charge in [0.25, 0.3) is 0 Å². The number of rotatable bonds is 1. The van der Waals surface area contributed by atoms with Gasteiger partial charge in [-0.15, -0.1) is 0 Å². The van der Waals surface area contributed by atoms with Crippen LogP contribution in [-0.2, 0) is 18.3 Å². The van der Waals surface area contributed by atoms with Crippen molar-refractivity contribution in [2.75, 3.05) is 31.2 Å². The molecule has 2 aromatic rings. The van der Waals surface area contributed by atoms with Crippen LogP contribution < -0.4 is 4.90 Å². The first kappa shape index (κ1) is 14.0. The molecule has 5 heteroatoms. The zero-order chi connectivity index (χ0) is 15.6. The second-order valence-electron chi connectivity index (χ2n) is 5.75. The van der Waals surface area contributed by atoms with E-state index in [0.29, 0.717) is 6.54 Å². The van der Waals surface area contributed by atoms with Gasteiger partial charge in [0.2, 0.25) is 0 Å². The molecule has 0 radical (unpaired) electrons. The average molecular weight is 306 g/mol. The molecule has 1 fully saturated rings. The van der Waals surface area contributed by atoms with Gasteiger partial charge in [0.05, 0.1) is 32.3 Å². The number of benzene rings is 1. The Labute approximate surface area is 135 Å². The third-order valence-corrected chi connectivity index (χ3v) is 4.26. The highest BCUT2D eigenvalue weighted by Gasteiger charge is 2.18. The molecule has 1 aromatic carbocycles. The highest BCUT2D eigenvalue weighted by Crippen LogP contribution is 2.25. The predicted octanol–water partition coefficient (Wildman–Crippen LogP) is 1.61. The van der Waals surface area contributed by atoms with Crippen LogP contribution in [0.15, 0.2) is 35.7 Å². The molecule has 0 aliphatic carbocycles. The highest BCUT2D eigenvalue weighted by molar-refractivity contribution is 6.15. The molecule has 0 bridgehead atoms. The summed E-state index contributed by atoms with van der Waals surface area (Å²) in [6.45, 7) is 4.17. The van der Waals surface area contributed by atoms with Gasteiger partial charge >= 0.3 is 0 Å². The van der Waals surface area contributed by atoms with Crippen molar-refractivity contribution in [3.63, 3.8) is 0 Å². The molecule has 5 nitrogen and oxygen atoms in total. The first-order chi connectivity index (χ1) is 11.3. The fourth-order valence-electron chi connectivity index (χ4n) is 2.90. The number of hydrogen-bond acceptors (Lipinski definition) is 4. The van der Waals surface area contributed by atoms with Crippen molar-refractivity contribution in [2.45, 2.75) is 6.54 Å². The summed E-state index contributed by atoms with van der Waals surface area (Å²) in [7, 11) is 1.94. The average Bonchev–Trinajstić information content (AvgIpc) is 3.19. The molecule has 3 heterocycles. The lowest BCUT2D eigenvalue weighted by Crippen LogP contribution is -2.36. The lowest BCUT2D eigenvalue weighted by molar-refractivity contribution is 0.122. The van der Waals surface area contributed by atoms with Crippen LogP contribution in [0.25, 0.3) is 0 Å². The maximum atomic E-state index is 5.43. The van der Waals surface area contributed by atoms with Gasteiger partial charge in [-0.1, -0.05) is 6.07 Å². The number of anilines is 1. The van der Waals surface area contributed by atoms with E-state index in [9.17, 15) is 0 Å². The van der Waals surface area contributed by atoms with Crippen LogP contribution in [0.5, 0.6) is 0 Å². The van der Waals surface area contributed by atoms with Crippen molar-refractivity contribution >= 4 is 11.4 Å². The Hall–Kier alpha value is -2.58. The maximum Gasteiger partial charge on any atom is 0.116 e. The van der Waals surface area contributed by atoms with Gasteiger partial charge in [-0.25, -0.2) is 4.98 Å². The van der Waals surface area contributed by atoms with E-state index in [1.54, 1.807) is 12.5 Å². The molecule has 23 heavy (non-hydrogen) atoms. The Morgan fingerprint density at radius 2 is 2.04 bits per heavy atom. The Kier molecular flexibility index (Phi) is 3.60. The molecule has 116 valence electrons. The monoisotopic (exact) mass is 306 g/mol. The Balaban J connectivity index is 1.62. The largest absolute Gasteiger partial charge is 0.378 e. The number of aromatic nitrogens is 2. The summed E-state index contributed by atoms with van der Waals surface area (Å²) in [5.74, 6) is 6.37. The minimum Gasteiger partial charge on any atom is -0.378 e. The fraction of sp³-hybridized carbons (Fsp3) is 0.333. The molecule has 0 N–H and O–H groups in total. The lowest BCUT2D eigenvalue weighted by atomic mass is 10.0. The van der Waals surface area contributed by atoms with Crippen LogP contribution in [0, 0.1) is 11.8 Å². The minimum atomic E-state index is 0.716. The van der Waals surface area contributed by atoms with Crippen molar-refractivity contribution in [1.29, 1.82) is 0 Å². The Morgan fingerprint density at radius 3 is 2.83 bits per heavy atom. The van der Waals surface area contributed by atoms with Gasteiger partial charge in [-0.05, 0) is 29.5 Å². The molecule has 0 saturated carbocycles. The Bertz CT molecular complexity index is 819. The summed E-state index contributed by atoms with van der Waals surface area (Å²) in [6.07, 6.45) is 3.53. The maximum absolute atomic E-state index is 5.43. The molecular weight excluding hydrogens is 288 g/mol. The topological polar surface area (TPSA) is 42.7 Å². The lowest BCUT2D eigenvalue weighted by Gasteiger charge is -2.29. The van der Waals surface area contributed by atoms with Crippen molar-refractivity contribution in [1.82, 2.24) is 9.55 Å². The van der Waals surface area contributed by atoms with E-state index in [1.807, 2.05) is 11.6 Å². The van der Waals surface area contributed by atoms with Crippen LogP contribution in [0.1, 0.15) is 16.8 Å². The van der Waals surface area contributed by atoms with E-state index in [0.717, 1.165) is 43.3 Å². The van der Waals surface area contributed by atoms with E-state index < -0.39 is 0 Å². The van der Waals surface area contributed by atoms with E-state index in [-0.39, 0.29) is 0 Å². The van der Waals surface area contributed by atoms with Gasteiger partial charge < -0.3 is 14.2 Å². The number of imidazole rings is 1. The number of morpholine rings is 1. The molecule has 2 aliphatic heterocycles. The molecule has 0 spiro atoms. The SMILES string of the molecule is Cn1cncc1C#CC1=NCc2ccc(N3CCOCC3)cc21. The van der Waals surface area contributed by atoms with Gasteiger partial charge in [0.15, 0.2) is 0 Å². The first-order valence-electron chi connectivity index (χ1n) is 7.80. The van der Waals surface area contributed by atoms with Crippen molar-refractivity contribution in [3.05, 3.63) is 47.5 Å². The normalized spacial score (nSPS) is 16.6. The molecule has 1 saturated heterocycles. The molecule has 2 aliphatic rings. The summed E-state index contributed by atoms with van der Waals surface area (Å²) >= 11 is 0. The van der Waals surface area contributed by atoms with Crippen LogP contribution in [0.4, 0.5) is 5.69 Å². The number of fused-ring (bicyclic) bond motifs is 1. The van der Waals surface area contributed by atoms with Gasteiger partial charge in [-0.3, -0.25) is 4.99 Å². The molecule has 0 atom stereocenters. The third-order valence-electron chi connectivity index (χ3n) is 4.26. The number of aliphatic imine (C=N–C) groups is 1. The number of aryl methyl sites for hydroxylation is 1. The van der Waals surface area contributed by atoms with Gasteiger partial charge in [-0.2, -0.15) is 0 Å². The van der Waals surface area contributed by atoms with Crippen LogP contribution in [0.2, 0.25) is 0 Å². The summed E-state index contributed by atoms with van der Waals surface area (Å²) < 4.78 is 7.34. The zero-order valence-electron chi connectivity index (χ0n) is 13.1. The third kappa shape index (κ3) is 2.73. The fourth-order valence-corrected chi connectivity index (χ4v) is 2.90. The Morgan fingerprint density at radius 1 is 1.17 bits per heavy atom. The van der Waals surface area contributed by atoms with E-state index in [2.05, 4.69) is 44.9 Å². The molecular formula is C18H18N4O. The zero-order valence-corrected chi connectivity index (χ0v) is 13.1. The summed E-state index contributed by atoms with van der Waals surface area (Å²) in [5.41, 5.74) is 5.39. The van der Waals surface area contributed by atoms with Gasteiger partial charge in [0.1, 0.15) is 11.4 Å². The second-order valence-corrected chi connectivity index (χ2v) is 5.75. The summed E-state index contributed by atoms with van der Waals surface area (Å²) in [4.78, 5) is 11.0. The second kappa shape index (κ2) is 5.90. The molecule has 0 amide bonds. The molecule has 1 aromatic heterocycles. The van der Waals surface area contributed by atoms with E-state index in [4.69, 9.17) is 4.74 Å². The van der Waals surface area contributed by atoms with Crippen LogP contribution >= 0.6 is 0 Å². The molecule has 0 unspecified atom stereocenters. The van der Waals surface area contributed by atoms with Crippen LogP contribution in [-0.4, -0.2) is 41.6 Å².